The lowest BCUT2D eigenvalue weighted by molar-refractivity contribution is -0.385. The monoisotopic (exact) mass is 332 g/mol. The molecule has 0 atom stereocenters. The van der Waals surface area contributed by atoms with E-state index in [9.17, 15) is 14.9 Å². The van der Waals surface area contributed by atoms with E-state index in [4.69, 9.17) is 4.74 Å². The number of nitrogens with one attached hydrogen (secondary N) is 1. The number of methoxy groups -OCH3 is 1. The summed E-state index contributed by atoms with van der Waals surface area (Å²) < 4.78 is 6.93. The van der Waals surface area contributed by atoms with Crippen LogP contribution in [0.1, 0.15) is 34.2 Å². The lowest BCUT2D eigenvalue weighted by atomic mass is 10.1. The number of amides is 1. The lowest BCUT2D eigenvalue weighted by Gasteiger charge is -2.10. The summed E-state index contributed by atoms with van der Waals surface area (Å²) in [6, 6.07) is 2.74. The second-order valence-corrected chi connectivity index (χ2v) is 5.40. The van der Waals surface area contributed by atoms with Crippen molar-refractivity contribution in [2.75, 3.05) is 12.4 Å². The molecule has 1 N–H and O–H groups in total. The number of carbonyl (C=O) groups is 1. The molecule has 2 aromatic rings. The first-order valence-electron chi connectivity index (χ1n) is 7.48. The van der Waals surface area contributed by atoms with E-state index in [1.165, 1.54) is 19.2 Å². The molecule has 0 saturated heterocycles. The van der Waals surface area contributed by atoms with Gasteiger partial charge in [0.1, 0.15) is 5.75 Å². The summed E-state index contributed by atoms with van der Waals surface area (Å²) in [7, 11) is 1.41. The molecule has 2 rings (SSSR count). The van der Waals surface area contributed by atoms with Crippen molar-refractivity contribution in [3.63, 3.8) is 0 Å². The van der Waals surface area contributed by atoms with Gasteiger partial charge in [0.2, 0.25) is 0 Å². The van der Waals surface area contributed by atoms with Crippen molar-refractivity contribution >= 4 is 17.3 Å². The van der Waals surface area contributed by atoms with Gasteiger partial charge < -0.3 is 10.1 Å². The first-order chi connectivity index (χ1) is 11.3. The number of anilines is 1. The largest absolute Gasteiger partial charge is 0.496 e. The molecule has 0 radical (unpaired) electrons. The third kappa shape index (κ3) is 3.08. The molecular weight excluding hydrogens is 312 g/mol. The zero-order valence-corrected chi connectivity index (χ0v) is 14.3. The van der Waals surface area contributed by atoms with Crippen LogP contribution in [0.15, 0.2) is 12.1 Å². The van der Waals surface area contributed by atoms with Gasteiger partial charge >= 0.3 is 0 Å². The summed E-state index contributed by atoms with van der Waals surface area (Å²) in [6.45, 7) is 7.88. The highest BCUT2D eigenvalue weighted by Crippen LogP contribution is 2.30. The van der Waals surface area contributed by atoms with Gasteiger partial charge in [0.05, 0.1) is 40.2 Å². The molecule has 8 heteroatoms. The van der Waals surface area contributed by atoms with Crippen LogP contribution in [0.4, 0.5) is 11.4 Å². The molecule has 0 fully saturated rings. The number of hydrogen-bond donors (Lipinski definition) is 1. The Labute approximate surface area is 139 Å². The second-order valence-electron chi connectivity index (χ2n) is 5.40. The normalized spacial score (nSPS) is 10.5. The summed E-state index contributed by atoms with van der Waals surface area (Å²) >= 11 is 0. The van der Waals surface area contributed by atoms with Crippen LogP contribution in [0.5, 0.6) is 5.75 Å². The minimum absolute atomic E-state index is 0.155. The quantitative estimate of drug-likeness (QED) is 0.670. The van der Waals surface area contributed by atoms with Gasteiger partial charge in [-0.05, 0) is 33.8 Å². The summed E-state index contributed by atoms with van der Waals surface area (Å²) in [5.41, 5.74) is 2.52. The SMILES string of the molecule is CCn1nc(C)c(NC(=O)c2cc(OC)c(C)c([N+](=O)[O-])c2)c1C. The Bertz CT molecular complexity index is 811. The Hall–Kier alpha value is -2.90. The highest BCUT2D eigenvalue weighted by Gasteiger charge is 2.21. The topological polar surface area (TPSA) is 99.3 Å². The molecule has 0 aliphatic rings. The van der Waals surface area contributed by atoms with Crippen LogP contribution in [-0.2, 0) is 6.54 Å². The number of aromatic nitrogens is 2. The predicted octanol–water partition coefficient (Wildman–Crippen LogP) is 3.00. The highest BCUT2D eigenvalue weighted by atomic mass is 16.6. The van der Waals surface area contributed by atoms with E-state index < -0.39 is 10.8 Å². The Balaban J connectivity index is 2.42. The molecule has 0 aliphatic heterocycles. The molecule has 0 bridgehead atoms. The standard InChI is InChI=1S/C16H20N4O4/c1-6-19-11(4)15(10(3)18-19)17-16(21)12-7-13(20(22)23)9(2)14(8-12)24-5/h7-8H,6H2,1-5H3,(H,17,21). The molecule has 1 aromatic heterocycles. The number of ether oxygens (including phenoxy) is 1. The van der Waals surface area contributed by atoms with E-state index in [1.807, 2.05) is 13.8 Å². The number of nitro groups is 1. The van der Waals surface area contributed by atoms with Crippen LogP contribution in [-0.4, -0.2) is 27.7 Å². The predicted molar refractivity (Wildman–Crippen MR) is 89.7 cm³/mol. The van der Waals surface area contributed by atoms with Gasteiger partial charge in [-0.15, -0.1) is 0 Å². The van der Waals surface area contributed by atoms with Crippen LogP contribution >= 0.6 is 0 Å². The number of nitrogens with zero attached hydrogens (tertiary/aromatic N) is 3. The molecule has 1 heterocycles. The first-order valence-corrected chi connectivity index (χ1v) is 7.48. The van der Waals surface area contributed by atoms with Crippen molar-refractivity contribution in [1.82, 2.24) is 9.78 Å². The minimum Gasteiger partial charge on any atom is -0.496 e. The van der Waals surface area contributed by atoms with Crippen LogP contribution in [0, 0.1) is 30.9 Å². The van der Waals surface area contributed by atoms with Crippen molar-refractivity contribution in [1.29, 1.82) is 0 Å². The summed E-state index contributed by atoms with van der Waals surface area (Å²) in [5, 5.41) is 18.3. The lowest BCUT2D eigenvalue weighted by Crippen LogP contribution is -2.14. The fraction of sp³-hybridized carbons (Fsp3) is 0.375. The highest BCUT2D eigenvalue weighted by molar-refractivity contribution is 6.05. The molecule has 8 nitrogen and oxygen atoms in total. The third-order valence-electron chi connectivity index (χ3n) is 3.93. The van der Waals surface area contributed by atoms with Gasteiger partial charge in [-0.3, -0.25) is 19.6 Å². The first kappa shape index (κ1) is 17.5. The average Bonchev–Trinajstić information content (AvgIpc) is 2.82. The number of rotatable bonds is 5. The Morgan fingerprint density at radius 2 is 2.04 bits per heavy atom. The van der Waals surface area contributed by atoms with Crippen molar-refractivity contribution < 1.29 is 14.5 Å². The Morgan fingerprint density at radius 3 is 2.54 bits per heavy atom. The maximum absolute atomic E-state index is 12.5. The van der Waals surface area contributed by atoms with Crippen LogP contribution in [0.25, 0.3) is 0 Å². The third-order valence-corrected chi connectivity index (χ3v) is 3.93. The molecule has 128 valence electrons. The van der Waals surface area contributed by atoms with Crippen LogP contribution in [0.3, 0.4) is 0 Å². The zero-order chi connectivity index (χ0) is 18.0. The van der Waals surface area contributed by atoms with E-state index >= 15 is 0 Å². The number of aryl methyl sites for hydroxylation is 2. The molecule has 1 aromatic carbocycles. The van der Waals surface area contributed by atoms with Gasteiger partial charge in [-0.2, -0.15) is 5.10 Å². The van der Waals surface area contributed by atoms with E-state index in [0.717, 1.165) is 5.69 Å². The number of carbonyl (C=O) groups excluding carboxylic acids is 1. The zero-order valence-electron chi connectivity index (χ0n) is 14.3. The van der Waals surface area contributed by atoms with Crippen LogP contribution < -0.4 is 10.1 Å². The summed E-state index contributed by atoms with van der Waals surface area (Å²) in [6.07, 6.45) is 0. The Morgan fingerprint density at radius 1 is 1.38 bits per heavy atom. The molecule has 1 amide bonds. The molecule has 0 saturated carbocycles. The van der Waals surface area contributed by atoms with Gasteiger partial charge in [0, 0.05) is 12.6 Å². The van der Waals surface area contributed by atoms with Crippen molar-refractivity contribution in [2.24, 2.45) is 0 Å². The molecule has 24 heavy (non-hydrogen) atoms. The Kier molecular flexibility index (Phi) is 4.87. The number of hydrogen-bond acceptors (Lipinski definition) is 5. The fourth-order valence-corrected chi connectivity index (χ4v) is 2.58. The maximum Gasteiger partial charge on any atom is 0.276 e. The second kappa shape index (κ2) is 6.69. The molecule has 0 aliphatic carbocycles. The number of benzene rings is 1. The van der Waals surface area contributed by atoms with Crippen LogP contribution in [0.2, 0.25) is 0 Å². The van der Waals surface area contributed by atoms with E-state index in [2.05, 4.69) is 10.4 Å². The number of nitro benzene ring substituents is 1. The van der Waals surface area contributed by atoms with Gasteiger partial charge in [-0.1, -0.05) is 0 Å². The van der Waals surface area contributed by atoms with E-state index in [-0.39, 0.29) is 11.3 Å². The summed E-state index contributed by atoms with van der Waals surface area (Å²) in [5.74, 6) is -0.148. The van der Waals surface area contributed by atoms with Crippen molar-refractivity contribution in [3.8, 4) is 5.75 Å². The van der Waals surface area contributed by atoms with Gasteiger partial charge in [-0.25, -0.2) is 0 Å². The van der Waals surface area contributed by atoms with Crippen molar-refractivity contribution in [3.05, 3.63) is 44.8 Å². The molecule has 0 unspecified atom stereocenters. The fourth-order valence-electron chi connectivity index (χ4n) is 2.58. The van der Waals surface area contributed by atoms with Crippen molar-refractivity contribution in [2.45, 2.75) is 34.2 Å². The summed E-state index contributed by atoms with van der Waals surface area (Å²) in [4.78, 5) is 23.2. The van der Waals surface area contributed by atoms with Gasteiger partial charge in [0.25, 0.3) is 11.6 Å². The van der Waals surface area contributed by atoms with E-state index in [1.54, 1.807) is 18.5 Å². The minimum atomic E-state index is -0.528. The van der Waals surface area contributed by atoms with E-state index in [0.29, 0.717) is 29.2 Å². The average molecular weight is 332 g/mol. The smallest absolute Gasteiger partial charge is 0.276 e. The molecular formula is C16H20N4O4. The maximum atomic E-state index is 12.5. The molecule has 0 spiro atoms. The van der Waals surface area contributed by atoms with Gasteiger partial charge in [0.15, 0.2) is 0 Å².